The molecule has 0 aliphatic carbocycles. The van der Waals surface area contributed by atoms with Crippen LogP contribution in [0.15, 0.2) is 53.5 Å². The number of furan rings is 1. The van der Waals surface area contributed by atoms with Crippen LogP contribution in [-0.2, 0) is 0 Å². The summed E-state index contributed by atoms with van der Waals surface area (Å²) in [7, 11) is 0. The zero-order chi connectivity index (χ0) is 22.4. The quantitative estimate of drug-likeness (QED) is 0.372. The van der Waals surface area contributed by atoms with E-state index in [2.05, 4.69) is 36.2 Å². The summed E-state index contributed by atoms with van der Waals surface area (Å²) in [5.41, 5.74) is 10.5. The second-order valence-electron chi connectivity index (χ2n) is 8.45. The van der Waals surface area contributed by atoms with Crippen LogP contribution >= 0.6 is 0 Å². The molecule has 1 aliphatic rings. The van der Waals surface area contributed by atoms with E-state index in [1.165, 1.54) is 0 Å². The maximum Gasteiger partial charge on any atom is 0.205 e. The number of piperidine rings is 1. The van der Waals surface area contributed by atoms with Gasteiger partial charge in [0.25, 0.3) is 0 Å². The van der Waals surface area contributed by atoms with E-state index in [4.69, 9.17) is 14.9 Å². The summed E-state index contributed by atoms with van der Waals surface area (Å²) < 4.78 is 14.2. The molecule has 0 spiro atoms. The first-order valence-electron chi connectivity index (χ1n) is 11.2. The molecule has 5 aromatic rings. The molecule has 9 nitrogen and oxygen atoms in total. The molecule has 0 saturated carbocycles. The molecule has 1 atom stereocenters. The number of para-hydroxylation sites is 2. The maximum absolute atomic E-state index is 6.22. The van der Waals surface area contributed by atoms with Gasteiger partial charge in [-0.3, -0.25) is 4.68 Å². The third-order valence-corrected chi connectivity index (χ3v) is 6.28. The number of H-pyrrole nitrogens is 1. The molecule has 1 aliphatic heterocycles. The number of nitrogen functional groups attached to an aromatic ring is 1. The molecular formula is C24H25N7O2. The van der Waals surface area contributed by atoms with Gasteiger partial charge in [0, 0.05) is 23.5 Å². The molecule has 6 rings (SSSR count). The van der Waals surface area contributed by atoms with E-state index >= 15 is 0 Å². The Balaban J connectivity index is 1.32. The lowest BCUT2D eigenvalue weighted by Crippen LogP contribution is -2.29. The van der Waals surface area contributed by atoms with Gasteiger partial charge >= 0.3 is 0 Å². The minimum atomic E-state index is -0.372. The van der Waals surface area contributed by atoms with Crippen molar-refractivity contribution in [3.63, 3.8) is 0 Å². The van der Waals surface area contributed by atoms with Gasteiger partial charge in [-0.2, -0.15) is 5.10 Å². The highest BCUT2D eigenvalue weighted by atomic mass is 16.5. The van der Waals surface area contributed by atoms with Gasteiger partial charge in [0.1, 0.15) is 12.1 Å². The summed E-state index contributed by atoms with van der Waals surface area (Å²) in [6.07, 6.45) is 9.17. The van der Waals surface area contributed by atoms with E-state index in [-0.39, 0.29) is 11.9 Å². The lowest BCUT2D eigenvalue weighted by molar-refractivity contribution is 0.219. The van der Waals surface area contributed by atoms with Crippen LogP contribution in [0.4, 0.5) is 5.82 Å². The standard InChI is InChI=1S/C24H25N7O2/c1-14(24-29-19-4-2-3-5-20(19)30-24)33-22-21-17(11-27-23(22)25)18(13-32-21)15-10-28-31(12-15)16-6-8-26-9-7-16/h2-5,10-14,16,26H,6-9H2,1H3,(H2,25,27)(H,29,30). The van der Waals surface area contributed by atoms with E-state index < -0.39 is 0 Å². The number of pyridine rings is 1. The Hall–Kier alpha value is -3.85. The lowest BCUT2D eigenvalue weighted by atomic mass is 10.1. The van der Waals surface area contributed by atoms with Crippen molar-refractivity contribution >= 4 is 27.8 Å². The molecule has 5 heterocycles. The van der Waals surface area contributed by atoms with Crippen molar-refractivity contribution in [2.75, 3.05) is 18.8 Å². The number of hydrogen-bond donors (Lipinski definition) is 3. The van der Waals surface area contributed by atoms with Crippen molar-refractivity contribution in [2.24, 2.45) is 0 Å². The Bertz CT molecular complexity index is 1390. The number of benzene rings is 1. The van der Waals surface area contributed by atoms with Crippen LogP contribution in [0.2, 0.25) is 0 Å². The Morgan fingerprint density at radius 2 is 2.06 bits per heavy atom. The predicted octanol–water partition coefficient (Wildman–Crippen LogP) is 4.21. The number of imidazole rings is 1. The lowest BCUT2D eigenvalue weighted by Gasteiger charge is -2.22. The van der Waals surface area contributed by atoms with Crippen LogP contribution in [0.25, 0.3) is 33.1 Å². The molecule has 1 saturated heterocycles. The molecule has 4 aromatic heterocycles. The van der Waals surface area contributed by atoms with Crippen LogP contribution in [0.3, 0.4) is 0 Å². The van der Waals surface area contributed by atoms with Gasteiger partial charge in [0.15, 0.2) is 17.5 Å². The second kappa shape index (κ2) is 7.93. The van der Waals surface area contributed by atoms with Crippen molar-refractivity contribution in [3.05, 3.63) is 54.9 Å². The van der Waals surface area contributed by atoms with Gasteiger partial charge in [-0.05, 0) is 45.0 Å². The zero-order valence-electron chi connectivity index (χ0n) is 18.3. The van der Waals surface area contributed by atoms with Crippen LogP contribution < -0.4 is 15.8 Å². The molecule has 4 N–H and O–H groups in total. The summed E-state index contributed by atoms with van der Waals surface area (Å²) in [6.45, 7) is 3.95. The van der Waals surface area contributed by atoms with Gasteiger partial charge in [-0.25, -0.2) is 9.97 Å². The van der Waals surface area contributed by atoms with E-state index in [0.29, 0.717) is 23.2 Å². The molecule has 0 bridgehead atoms. The Kier molecular flexibility index (Phi) is 4.76. The highest BCUT2D eigenvalue weighted by Gasteiger charge is 2.22. The molecule has 33 heavy (non-hydrogen) atoms. The normalized spacial score (nSPS) is 15.9. The molecule has 0 radical (unpaired) electrons. The van der Waals surface area contributed by atoms with Crippen LogP contribution in [0, 0.1) is 0 Å². The minimum absolute atomic E-state index is 0.275. The smallest absolute Gasteiger partial charge is 0.205 e. The number of aromatic nitrogens is 5. The number of rotatable bonds is 5. The van der Waals surface area contributed by atoms with Crippen LogP contribution in [0.5, 0.6) is 5.75 Å². The second-order valence-corrected chi connectivity index (χ2v) is 8.45. The van der Waals surface area contributed by atoms with Crippen molar-refractivity contribution in [1.82, 2.24) is 30.0 Å². The van der Waals surface area contributed by atoms with Gasteiger partial charge in [-0.15, -0.1) is 0 Å². The number of aromatic amines is 1. The molecule has 0 amide bonds. The van der Waals surface area contributed by atoms with Gasteiger partial charge in [0.2, 0.25) is 5.75 Å². The van der Waals surface area contributed by atoms with Gasteiger partial charge < -0.3 is 25.2 Å². The number of fused-ring (bicyclic) bond motifs is 2. The summed E-state index contributed by atoms with van der Waals surface area (Å²) >= 11 is 0. The number of nitrogens with one attached hydrogen (secondary N) is 2. The molecule has 1 unspecified atom stereocenters. The van der Waals surface area contributed by atoms with Gasteiger partial charge in [-0.1, -0.05) is 12.1 Å². The Morgan fingerprint density at radius 3 is 2.91 bits per heavy atom. The van der Waals surface area contributed by atoms with E-state index in [9.17, 15) is 0 Å². The van der Waals surface area contributed by atoms with Crippen molar-refractivity contribution in [2.45, 2.75) is 31.9 Å². The minimum Gasteiger partial charge on any atom is -0.475 e. The topological polar surface area (TPSA) is 120 Å². The fraction of sp³-hybridized carbons (Fsp3) is 0.292. The SMILES string of the molecule is CC(Oc1c(N)ncc2c(-c3cnn(C4CCNCC4)c3)coc12)c1nc2ccccc2[nH]1. The van der Waals surface area contributed by atoms with E-state index in [1.54, 1.807) is 12.5 Å². The molecule has 1 aromatic carbocycles. The van der Waals surface area contributed by atoms with E-state index in [0.717, 1.165) is 53.5 Å². The number of nitrogens with two attached hydrogens (primary N) is 1. The molecule has 9 heteroatoms. The highest BCUT2D eigenvalue weighted by molar-refractivity contribution is 5.97. The number of nitrogens with zero attached hydrogens (tertiary/aromatic N) is 4. The maximum atomic E-state index is 6.22. The first-order valence-corrected chi connectivity index (χ1v) is 11.2. The highest BCUT2D eigenvalue weighted by Crippen LogP contribution is 2.39. The average Bonchev–Trinajstić information content (AvgIpc) is 3.59. The van der Waals surface area contributed by atoms with Gasteiger partial charge in [0.05, 0.1) is 28.7 Å². The summed E-state index contributed by atoms with van der Waals surface area (Å²) in [5.74, 6) is 1.40. The summed E-state index contributed by atoms with van der Waals surface area (Å²) in [4.78, 5) is 12.3. The molecular weight excluding hydrogens is 418 g/mol. The molecule has 1 fully saturated rings. The van der Waals surface area contributed by atoms with E-state index in [1.807, 2.05) is 37.4 Å². The van der Waals surface area contributed by atoms with Crippen molar-refractivity contribution in [1.29, 1.82) is 0 Å². The Morgan fingerprint density at radius 1 is 1.21 bits per heavy atom. The molecule has 168 valence electrons. The first-order chi connectivity index (χ1) is 16.2. The van der Waals surface area contributed by atoms with Crippen molar-refractivity contribution < 1.29 is 9.15 Å². The van der Waals surface area contributed by atoms with Crippen LogP contribution in [0.1, 0.15) is 37.7 Å². The monoisotopic (exact) mass is 443 g/mol. The largest absolute Gasteiger partial charge is 0.475 e. The Labute approximate surface area is 190 Å². The third-order valence-electron chi connectivity index (χ3n) is 6.28. The fourth-order valence-electron chi connectivity index (χ4n) is 4.46. The number of ether oxygens (including phenoxy) is 1. The summed E-state index contributed by atoms with van der Waals surface area (Å²) in [5, 5.41) is 8.84. The average molecular weight is 444 g/mol. The van der Waals surface area contributed by atoms with Crippen LogP contribution in [-0.4, -0.2) is 37.8 Å². The first kappa shape index (κ1) is 19.8. The zero-order valence-corrected chi connectivity index (χ0v) is 18.3. The summed E-state index contributed by atoms with van der Waals surface area (Å²) in [6, 6.07) is 8.28. The van der Waals surface area contributed by atoms with Crippen molar-refractivity contribution in [3.8, 4) is 16.9 Å². The number of hydrogen-bond acceptors (Lipinski definition) is 7. The fourth-order valence-corrected chi connectivity index (χ4v) is 4.46. The predicted molar refractivity (Wildman–Crippen MR) is 126 cm³/mol. The third kappa shape index (κ3) is 3.50. The number of anilines is 1.